The van der Waals surface area contributed by atoms with Gasteiger partial charge in [-0.1, -0.05) is 24.3 Å². The van der Waals surface area contributed by atoms with Crippen LogP contribution in [-0.4, -0.2) is 47.2 Å². The smallest absolute Gasteiger partial charge is 0.325 e. The van der Waals surface area contributed by atoms with Crippen LogP contribution in [0.25, 0.3) is 0 Å². The molecule has 0 aromatic heterocycles. The molecule has 0 atom stereocenters. The van der Waals surface area contributed by atoms with Crippen molar-refractivity contribution in [1.29, 1.82) is 0 Å². The lowest BCUT2D eigenvalue weighted by molar-refractivity contribution is 0.0342. The zero-order valence-electron chi connectivity index (χ0n) is 10.9. The molecule has 19 heavy (non-hydrogen) atoms. The van der Waals surface area contributed by atoms with E-state index in [9.17, 15) is 4.57 Å². The molecule has 1 aromatic rings. The largest absolute Gasteiger partial charge is 0.379 e. The fourth-order valence-electron chi connectivity index (χ4n) is 2.18. The Morgan fingerprint density at radius 3 is 2.58 bits per heavy atom. The number of ether oxygens (including phenoxy) is 1. The van der Waals surface area contributed by atoms with Gasteiger partial charge in [-0.25, -0.2) is 0 Å². The van der Waals surface area contributed by atoms with Gasteiger partial charge in [-0.3, -0.25) is 9.46 Å². The second-order valence-electron chi connectivity index (χ2n) is 4.85. The Hall–Kier alpha value is -0.710. The second kappa shape index (κ2) is 6.64. The van der Waals surface area contributed by atoms with Gasteiger partial charge < -0.3 is 14.5 Å². The van der Waals surface area contributed by atoms with Crippen LogP contribution >= 0.6 is 7.60 Å². The Labute approximate surface area is 113 Å². The summed E-state index contributed by atoms with van der Waals surface area (Å²) in [6, 6.07) is 7.95. The highest BCUT2D eigenvalue weighted by Crippen LogP contribution is 2.34. The van der Waals surface area contributed by atoms with Gasteiger partial charge in [-0.05, 0) is 17.5 Å². The van der Waals surface area contributed by atoms with E-state index < -0.39 is 7.60 Å². The highest BCUT2D eigenvalue weighted by atomic mass is 31.2. The van der Waals surface area contributed by atoms with Gasteiger partial charge in [0, 0.05) is 19.6 Å². The maximum atomic E-state index is 10.9. The molecule has 0 amide bonds. The Balaban J connectivity index is 1.92. The number of nitrogens with zero attached hydrogens (tertiary/aromatic N) is 1. The van der Waals surface area contributed by atoms with Crippen molar-refractivity contribution in [3.63, 3.8) is 0 Å². The normalized spacial score (nSPS) is 17.6. The van der Waals surface area contributed by atoms with Crippen LogP contribution in [-0.2, 0) is 22.3 Å². The van der Waals surface area contributed by atoms with Crippen molar-refractivity contribution in [1.82, 2.24) is 4.90 Å². The molecule has 5 nitrogen and oxygen atoms in total. The standard InChI is InChI=1S/C13H20NO4P/c15-19(16,17)9-4-12-2-1-3-13(10-12)11-14-5-7-18-8-6-14/h1-3,10H,4-9,11H2,(H2,15,16,17). The Morgan fingerprint density at radius 2 is 1.89 bits per heavy atom. The quantitative estimate of drug-likeness (QED) is 0.797. The summed E-state index contributed by atoms with van der Waals surface area (Å²) in [4.78, 5) is 20.1. The van der Waals surface area contributed by atoms with E-state index in [1.165, 1.54) is 5.56 Å². The van der Waals surface area contributed by atoms with Gasteiger partial charge >= 0.3 is 7.60 Å². The van der Waals surface area contributed by atoms with Gasteiger partial charge in [0.15, 0.2) is 0 Å². The average molecular weight is 285 g/mol. The molecule has 1 fully saturated rings. The van der Waals surface area contributed by atoms with Crippen molar-refractivity contribution in [2.45, 2.75) is 13.0 Å². The molecule has 0 aliphatic carbocycles. The summed E-state index contributed by atoms with van der Waals surface area (Å²) < 4.78 is 16.2. The molecular formula is C13H20NO4P. The van der Waals surface area contributed by atoms with Crippen LogP contribution in [0, 0.1) is 0 Å². The van der Waals surface area contributed by atoms with Crippen LogP contribution in [0.3, 0.4) is 0 Å². The zero-order valence-corrected chi connectivity index (χ0v) is 11.8. The van der Waals surface area contributed by atoms with Crippen LogP contribution in [0.5, 0.6) is 0 Å². The monoisotopic (exact) mass is 285 g/mol. The molecule has 0 radical (unpaired) electrons. The molecule has 1 aromatic carbocycles. The summed E-state index contributed by atoms with van der Waals surface area (Å²) in [6.45, 7) is 4.29. The topological polar surface area (TPSA) is 70.0 Å². The lowest BCUT2D eigenvalue weighted by Crippen LogP contribution is -2.35. The molecule has 106 valence electrons. The van der Waals surface area contributed by atoms with E-state index in [1.807, 2.05) is 18.2 Å². The Morgan fingerprint density at radius 1 is 1.21 bits per heavy atom. The first-order valence-corrected chi connectivity index (χ1v) is 8.25. The van der Waals surface area contributed by atoms with Gasteiger partial charge in [-0.2, -0.15) is 0 Å². The minimum absolute atomic E-state index is 0.0893. The minimum Gasteiger partial charge on any atom is -0.379 e. The Kier molecular flexibility index (Phi) is 5.13. The molecule has 0 bridgehead atoms. The first-order chi connectivity index (χ1) is 9.03. The molecule has 1 aliphatic heterocycles. The molecule has 2 rings (SSSR count). The summed E-state index contributed by atoms with van der Waals surface area (Å²) in [5.41, 5.74) is 2.17. The lowest BCUT2D eigenvalue weighted by Gasteiger charge is -2.26. The molecule has 1 saturated heterocycles. The van der Waals surface area contributed by atoms with Gasteiger partial charge in [0.1, 0.15) is 0 Å². The number of benzene rings is 1. The van der Waals surface area contributed by atoms with E-state index in [4.69, 9.17) is 14.5 Å². The van der Waals surface area contributed by atoms with Crippen molar-refractivity contribution >= 4 is 7.60 Å². The van der Waals surface area contributed by atoms with E-state index in [-0.39, 0.29) is 6.16 Å². The lowest BCUT2D eigenvalue weighted by atomic mass is 10.1. The molecule has 2 N–H and O–H groups in total. The van der Waals surface area contributed by atoms with Crippen molar-refractivity contribution in [3.8, 4) is 0 Å². The van der Waals surface area contributed by atoms with Gasteiger partial charge in [0.2, 0.25) is 0 Å². The van der Waals surface area contributed by atoms with Gasteiger partial charge in [-0.15, -0.1) is 0 Å². The summed E-state index contributed by atoms with van der Waals surface area (Å²) >= 11 is 0. The molecule has 6 heteroatoms. The fourth-order valence-corrected chi connectivity index (χ4v) is 2.73. The van der Waals surface area contributed by atoms with Gasteiger partial charge in [0.25, 0.3) is 0 Å². The molecule has 1 heterocycles. The third kappa shape index (κ3) is 5.43. The maximum absolute atomic E-state index is 10.9. The molecule has 1 aliphatic rings. The van der Waals surface area contributed by atoms with Crippen molar-refractivity contribution in [3.05, 3.63) is 35.4 Å². The summed E-state index contributed by atoms with van der Waals surface area (Å²) in [7, 11) is -3.91. The van der Waals surface area contributed by atoms with Crippen LogP contribution in [0.4, 0.5) is 0 Å². The van der Waals surface area contributed by atoms with Crippen LogP contribution in [0.15, 0.2) is 24.3 Å². The number of aryl methyl sites for hydroxylation is 1. The average Bonchev–Trinajstić information content (AvgIpc) is 2.37. The van der Waals surface area contributed by atoms with Gasteiger partial charge in [0.05, 0.1) is 19.4 Å². The molecule has 0 unspecified atom stereocenters. The third-order valence-corrected chi connectivity index (χ3v) is 4.00. The van der Waals surface area contributed by atoms with E-state index in [0.29, 0.717) is 6.42 Å². The first-order valence-electron chi connectivity index (χ1n) is 6.45. The third-order valence-electron chi connectivity index (χ3n) is 3.19. The van der Waals surface area contributed by atoms with E-state index >= 15 is 0 Å². The van der Waals surface area contributed by atoms with E-state index in [1.54, 1.807) is 0 Å². The van der Waals surface area contributed by atoms with Crippen LogP contribution in [0.1, 0.15) is 11.1 Å². The van der Waals surface area contributed by atoms with Crippen LogP contribution in [0.2, 0.25) is 0 Å². The highest BCUT2D eigenvalue weighted by Gasteiger charge is 2.13. The number of hydrogen-bond acceptors (Lipinski definition) is 3. The van der Waals surface area contributed by atoms with Crippen molar-refractivity contribution in [2.24, 2.45) is 0 Å². The number of morpholine rings is 1. The highest BCUT2D eigenvalue weighted by molar-refractivity contribution is 7.51. The summed E-state index contributed by atoms with van der Waals surface area (Å²) in [5, 5.41) is 0. The van der Waals surface area contributed by atoms with Crippen molar-refractivity contribution in [2.75, 3.05) is 32.5 Å². The molecule has 0 spiro atoms. The van der Waals surface area contributed by atoms with Crippen molar-refractivity contribution < 1.29 is 19.1 Å². The molecule has 0 saturated carbocycles. The van der Waals surface area contributed by atoms with Crippen LogP contribution < -0.4 is 0 Å². The van der Waals surface area contributed by atoms with E-state index in [0.717, 1.165) is 38.4 Å². The first kappa shape index (κ1) is 14.7. The fraction of sp³-hybridized carbons (Fsp3) is 0.538. The minimum atomic E-state index is -3.91. The summed E-state index contributed by atoms with van der Waals surface area (Å²) in [6.07, 6.45) is 0.329. The zero-order chi connectivity index (χ0) is 13.7. The predicted molar refractivity (Wildman–Crippen MR) is 73.2 cm³/mol. The molecular weight excluding hydrogens is 265 g/mol. The van der Waals surface area contributed by atoms with E-state index in [2.05, 4.69) is 11.0 Å². The number of rotatable bonds is 5. The SMILES string of the molecule is O=P(O)(O)CCc1cccc(CN2CCOCC2)c1. The number of hydrogen-bond donors (Lipinski definition) is 2. The second-order valence-corrected chi connectivity index (χ2v) is 6.62. The summed E-state index contributed by atoms with van der Waals surface area (Å²) in [5.74, 6) is 0. The predicted octanol–water partition coefficient (Wildman–Crippen LogP) is 1.24. The maximum Gasteiger partial charge on any atom is 0.325 e. The Bertz CT molecular complexity index is 454.